The molecule has 3 heteroatoms. The van der Waals surface area contributed by atoms with Gasteiger partial charge in [-0.25, -0.2) is 0 Å². The Labute approximate surface area is 104 Å². The van der Waals surface area contributed by atoms with Crippen LogP contribution >= 0.6 is 0 Å². The number of nitrogens with one attached hydrogen (secondary N) is 1. The highest BCUT2D eigenvalue weighted by atomic mass is 16.2. The number of hydrogen-bond donors (Lipinski definition) is 1. The van der Waals surface area contributed by atoms with Crippen LogP contribution in [0.5, 0.6) is 0 Å². The number of fused-ring (bicyclic) bond motifs is 1. The van der Waals surface area contributed by atoms with Gasteiger partial charge in [0.25, 0.3) is 0 Å². The van der Waals surface area contributed by atoms with Crippen molar-refractivity contribution in [2.45, 2.75) is 44.6 Å². The third-order valence-electron chi connectivity index (χ3n) is 4.94. The molecule has 0 spiro atoms. The van der Waals surface area contributed by atoms with Crippen LogP contribution in [0.1, 0.15) is 38.5 Å². The summed E-state index contributed by atoms with van der Waals surface area (Å²) in [5.41, 5.74) is 0. The van der Waals surface area contributed by atoms with E-state index in [4.69, 9.17) is 0 Å². The summed E-state index contributed by atoms with van der Waals surface area (Å²) in [6.07, 6.45) is 7.45. The summed E-state index contributed by atoms with van der Waals surface area (Å²) >= 11 is 0. The van der Waals surface area contributed by atoms with Crippen molar-refractivity contribution < 1.29 is 4.79 Å². The second-order valence-corrected chi connectivity index (χ2v) is 6.16. The average molecular weight is 236 g/mol. The van der Waals surface area contributed by atoms with E-state index < -0.39 is 0 Å². The molecule has 3 unspecified atom stereocenters. The minimum atomic E-state index is 0.371. The molecule has 1 aliphatic heterocycles. The maximum atomic E-state index is 12.5. The van der Waals surface area contributed by atoms with Gasteiger partial charge in [-0.3, -0.25) is 4.79 Å². The van der Waals surface area contributed by atoms with Gasteiger partial charge in [0.1, 0.15) is 0 Å². The van der Waals surface area contributed by atoms with Crippen LogP contribution in [0.3, 0.4) is 0 Å². The molecule has 3 aliphatic rings. The smallest absolute Gasteiger partial charge is 0.225 e. The Morgan fingerprint density at radius 3 is 2.71 bits per heavy atom. The van der Waals surface area contributed by atoms with E-state index in [0.29, 0.717) is 17.9 Å². The minimum absolute atomic E-state index is 0.371. The van der Waals surface area contributed by atoms with Crippen LogP contribution in [0.4, 0.5) is 0 Å². The molecule has 1 amide bonds. The van der Waals surface area contributed by atoms with Gasteiger partial charge in [-0.15, -0.1) is 0 Å². The van der Waals surface area contributed by atoms with Gasteiger partial charge < -0.3 is 10.2 Å². The number of rotatable bonds is 3. The predicted molar refractivity (Wildman–Crippen MR) is 67.6 cm³/mol. The molecule has 1 heterocycles. The quantitative estimate of drug-likeness (QED) is 0.808. The van der Waals surface area contributed by atoms with Crippen molar-refractivity contribution in [1.82, 2.24) is 10.2 Å². The predicted octanol–water partition coefficient (Wildman–Crippen LogP) is 1.63. The highest BCUT2D eigenvalue weighted by Crippen LogP contribution is 2.54. The molecule has 0 aromatic rings. The number of amides is 1. The van der Waals surface area contributed by atoms with E-state index in [0.717, 1.165) is 24.9 Å². The van der Waals surface area contributed by atoms with Crippen molar-refractivity contribution in [3.8, 4) is 0 Å². The van der Waals surface area contributed by atoms with Crippen molar-refractivity contribution in [1.29, 1.82) is 0 Å². The summed E-state index contributed by atoms with van der Waals surface area (Å²) in [6, 6.07) is 0.457. The van der Waals surface area contributed by atoms with Crippen LogP contribution in [0.2, 0.25) is 0 Å². The third kappa shape index (κ3) is 2.22. The van der Waals surface area contributed by atoms with Gasteiger partial charge in [0.2, 0.25) is 5.91 Å². The number of carbonyl (C=O) groups excluding carboxylic acids is 1. The van der Waals surface area contributed by atoms with Crippen LogP contribution in [0.25, 0.3) is 0 Å². The summed E-state index contributed by atoms with van der Waals surface area (Å²) in [4.78, 5) is 14.7. The van der Waals surface area contributed by atoms with Gasteiger partial charge in [-0.1, -0.05) is 0 Å². The molecule has 0 aromatic heterocycles. The van der Waals surface area contributed by atoms with Crippen LogP contribution in [-0.4, -0.2) is 37.0 Å². The molecule has 0 aromatic carbocycles. The Morgan fingerprint density at radius 1 is 1.24 bits per heavy atom. The van der Waals surface area contributed by atoms with E-state index in [1.165, 1.54) is 38.5 Å². The van der Waals surface area contributed by atoms with Gasteiger partial charge in [0.15, 0.2) is 0 Å². The Kier molecular flexibility index (Phi) is 3.12. The second-order valence-electron chi connectivity index (χ2n) is 6.16. The number of likely N-dealkylation sites (tertiary alicyclic amines) is 1. The first kappa shape index (κ1) is 11.5. The fourth-order valence-electron chi connectivity index (χ4n) is 3.89. The lowest BCUT2D eigenvalue weighted by Crippen LogP contribution is -2.50. The maximum Gasteiger partial charge on any atom is 0.225 e. The Balaban J connectivity index is 1.61. The molecule has 1 N–H and O–H groups in total. The van der Waals surface area contributed by atoms with Crippen LogP contribution in [0, 0.1) is 17.8 Å². The standard InChI is InChI=1S/C14H24N2O/c1-15-9-13-4-2-3-5-16(13)14(17)12-7-10-6-11(10)8-12/h10-13,15H,2-9H2,1H3. The van der Waals surface area contributed by atoms with Gasteiger partial charge in [-0.05, 0) is 57.4 Å². The summed E-state index contributed by atoms with van der Waals surface area (Å²) < 4.78 is 0. The van der Waals surface area contributed by atoms with Crippen molar-refractivity contribution in [3.63, 3.8) is 0 Å². The molecule has 0 radical (unpaired) electrons. The number of carbonyl (C=O) groups is 1. The highest BCUT2D eigenvalue weighted by molar-refractivity contribution is 5.80. The molecule has 2 aliphatic carbocycles. The van der Waals surface area contributed by atoms with Crippen LogP contribution in [-0.2, 0) is 4.79 Å². The average Bonchev–Trinajstić information content (AvgIpc) is 2.96. The SMILES string of the molecule is CNCC1CCCCN1C(=O)C1CC2CC2C1. The number of likely N-dealkylation sites (N-methyl/N-ethyl adjacent to an activating group) is 1. The summed E-state index contributed by atoms with van der Waals surface area (Å²) in [5.74, 6) is 2.67. The van der Waals surface area contributed by atoms with Crippen molar-refractivity contribution in [2.24, 2.45) is 17.8 Å². The van der Waals surface area contributed by atoms with Gasteiger partial charge >= 0.3 is 0 Å². The van der Waals surface area contributed by atoms with Crippen LogP contribution in [0.15, 0.2) is 0 Å². The molecule has 2 saturated carbocycles. The van der Waals surface area contributed by atoms with E-state index >= 15 is 0 Å². The van der Waals surface area contributed by atoms with E-state index in [1.807, 2.05) is 7.05 Å². The van der Waals surface area contributed by atoms with E-state index in [2.05, 4.69) is 10.2 Å². The summed E-state index contributed by atoms with van der Waals surface area (Å²) in [6.45, 7) is 1.96. The summed E-state index contributed by atoms with van der Waals surface area (Å²) in [5, 5.41) is 3.24. The van der Waals surface area contributed by atoms with Crippen LogP contribution < -0.4 is 5.32 Å². The zero-order valence-corrected chi connectivity index (χ0v) is 10.8. The molecule has 96 valence electrons. The first-order valence-electron chi connectivity index (χ1n) is 7.24. The highest BCUT2D eigenvalue weighted by Gasteiger charge is 2.49. The molecule has 0 bridgehead atoms. The zero-order chi connectivity index (χ0) is 11.8. The van der Waals surface area contributed by atoms with E-state index in [-0.39, 0.29) is 0 Å². The fraction of sp³-hybridized carbons (Fsp3) is 0.929. The molecule has 3 nitrogen and oxygen atoms in total. The third-order valence-corrected chi connectivity index (χ3v) is 4.94. The van der Waals surface area contributed by atoms with Gasteiger partial charge in [0, 0.05) is 25.0 Å². The lowest BCUT2D eigenvalue weighted by molar-refractivity contribution is -0.139. The van der Waals surface area contributed by atoms with Gasteiger partial charge in [0.05, 0.1) is 0 Å². The van der Waals surface area contributed by atoms with E-state index in [9.17, 15) is 4.79 Å². The molecule has 1 saturated heterocycles. The Hall–Kier alpha value is -0.570. The molecule has 3 rings (SSSR count). The monoisotopic (exact) mass is 236 g/mol. The first-order valence-corrected chi connectivity index (χ1v) is 7.24. The topological polar surface area (TPSA) is 32.3 Å². The fourth-order valence-corrected chi connectivity index (χ4v) is 3.89. The van der Waals surface area contributed by atoms with Crippen molar-refractivity contribution in [3.05, 3.63) is 0 Å². The number of hydrogen-bond acceptors (Lipinski definition) is 2. The first-order chi connectivity index (χ1) is 8.29. The Bertz CT molecular complexity index is 293. The molecular formula is C14H24N2O. The van der Waals surface area contributed by atoms with Gasteiger partial charge in [-0.2, -0.15) is 0 Å². The molecular weight excluding hydrogens is 212 g/mol. The molecule has 17 heavy (non-hydrogen) atoms. The lowest BCUT2D eigenvalue weighted by Gasteiger charge is -2.37. The summed E-state index contributed by atoms with van der Waals surface area (Å²) in [7, 11) is 1.99. The maximum absolute atomic E-state index is 12.5. The minimum Gasteiger partial charge on any atom is -0.338 e. The second kappa shape index (κ2) is 4.60. The molecule has 3 atom stereocenters. The lowest BCUT2D eigenvalue weighted by atomic mass is 9.96. The zero-order valence-electron chi connectivity index (χ0n) is 10.8. The van der Waals surface area contributed by atoms with E-state index in [1.54, 1.807) is 0 Å². The number of piperidine rings is 1. The largest absolute Gasteiger partial charge is 0.338 e. The molecule has 3 fully saturated rings. The Morgan fingerprint density at radius 2 is 2.00 bits per heavy atom. The van der Waals surface area contributed by atoms with Crippen molar-refractivity contribution >= 4 is 5.91 Å². The normalized spacial score (nSPS) is 40.2. The number of nitrogens with zero attached hydrogens (tertiary/aromatic N) is 1. The van der Waals surface area contributed by atoms with Crippen molar-refractivity contribution in [2.75, 3.05) is 20.1 Å².